The Morgan fingerprint density at radius 1 is 1.47 bits per heavy atom. The zero-order valence-corrected chi connectivity index (χ0v) is 11.1. The molecule has 0 radical (unpaired) electrons. The fourth-order valence-corrected chi connectivity index (χ4v) is 2.54. The molecule has 0 aromatic heterocycles. The average Bonchev–Trinajstić information content (AvgIpc) is 2.39. The normalized spacial score (nSPS) is 16.7. The maximum atomic E-state index is 11.3. The quantitative estimate of drug-likeness (QED) is 0.807. The molecule has 0 unspecified atom stereocenters. The van der Waals surface area contributed by atoms with Crippen LogP contribution in [0.15, 0.2) is 18.2 Å². The number of nitrogen functional groups attached to an aromatic ring is 1. The van der Waals surface area contributed by atoms with Crippen molar-refractivity contribution in [3.05, 3.63) is 29.3 Å². The van der Waals surface area contributed by atoms with Gasteiger partial charge in [-0.2, -0.15) is 0 Å². The first-order valence-electron chi connectivity index (χ1n) is 6.48. The van der Waals surface area contributed by atoms with Gasteiger partial charge in [-0.05, 0) is 31.5 Å². The molecule has 1 aromatic rings. The van der Waals surface area contributed by atoms with E-state index >= 15 is 0 Å². The van der Waals surface area contributed by atoms with Gasteiger partial charge in [0.1, 0.15) is 0 Å². The standard InChI is InChI=1S/C14H20N2O3/c1-16(11-5-7-19-8-6-11)9-10-3-2-4-12(15)13(10)14(17)18/h2-4,11H,5-9,15H2,1H3,(H,17,18). The molecule has 104 valence electrons. The van der Waals surface area contributed by atoms with Crippen LogP contribution in [0.25, 0.3) is 0 Å². The van der Waals surface area contributed by atoms with E-state index in [0.29, 0.717) is 18.3 Å². The minimum absolute atomic E-state index is 0.224. The lowest BCUT2D eigenvalue weighted by molar-refractivity contribution is 0.0404. The Labute approximate surface area is 113 Å². The number of benzene rings is 1. The van der Waals surface area contributed by atoms with Gasteiger partial charge < -0.3 is 15.6 Å². The Morgan fingerprint density at radius 3 is 2.79 bits per heavy atom. The fraction of sp³-hybridized carbons (Fsp3) is 0.500. The van der Waals surface area contributed by atoms with Gasteiger partial charge in [0.25, 0.3) is 0 Å². The van der Waals surface area contributed by atoms with Crippen molar-refractivity contribution < 1.29 is 14.6 Å². The first-order chi connectivity index (χ1) is 9.09. The molecule has 0 aliphatic carbocycles. The molecular weight excluding hydrogens is 244 g/mol. The number of nitrogens with two attached hydrogens (primary N) is 1. The number of carboxylic acids is 1. The summed E-state index contributed by atoms with van der Waals surface area (Å²) in [6.45, 7) is 2.15. The van der Waals surface area contributed by atoms with Crippen molar-refractivity contribution in [2.24, 2.45) is 0 Å². The summed E-state index contributed by atoms with van der Waals surface area (Å²) in [5, 5.41) is 9.25. The molecule has 1 aliphatic rings. The lowest BCUT2D eigenvalue weighted by atomic mass is 10.0. The lowest BCUT2D eigenvalue weighted by Gasteiger charge is -2.31. The van der Waals surface area contributed by atoms with Crippen molar-refractivity contribution in [2.45, 2.75) is 25.4 Å². The van der Waals surface area contributed by atoms with Crippen LogP contribution in [-0.4, -0.2) is 42.3 Å². The van der Waals surface area contributed by atoms with Crippen LogP contribution >= 0.6 is 0 Å². The maximum Gasteiger partial charge on any atom is 0.338 e. The molecule has 1 fully saturated rings. The number of hydrogen-bond donors (Lipinski definition) is 2. The van der Waals surface area contributed by atoms with Crippen molar-refractivity contribution in [3.8, 4) is 0 Å². The van der Waals surface area contributed by atoms with Crippen molar-refractivity contribution in [2.75, 3.05) is 26.0 Å². The highest BCUT2D eigenvalue weighted by Gasteiger charge is 2.21. The van der Waals surface area contributed by atoms with Gasteiger partial charge in [-0.1, -0.05) is 12.1 Å². The molecule has 2 rings (SSSR count). The molecule has 5 nitrogen and oxygen atoms in total. The van der Waals surface area contributed by atoms with E-state index in [2.05, 4.69) is 4.90 Å². The second-order valence-electron chi connectivity index (χ2n) is 4.95. The Kier molecular flexibility index (Phi) is 4.39. The maximum absolute atomic E-state index is 11.3. The van der Waals surface area contributed by atoms with E-state index in [-0.39, 0.29) is 5.56 Å². The Morgan fingerprint density at radius 2 is 2.16 bits per heavy atom. The molecule has 0 bridgehead atoms. The van der Waals surface area contributed by atoms with Crippen molar-refractivity contribution in [3.63, 3.8) is 0 Å². The predicted octanol–water partition coefficient (Wildman–Crippen LogP) is 1.58. The van der Waals surface area contributed by atoms with Crippen LogP contribution in [0.1, 0.15) is 28.8 Å². The minimum atomic E-state index is -0.964. The van der Waals surface area contributed by atoms with E-state index < -0.39 is 5.97 Å². The van der Waals surface area contributed by atoms with Crippen molar-refractivity contribution in [1.82, 2.24) is 4.90 Å². The molecule has 1 aromatic carbocycles. The molecule has 0 amide bonds. The zero-order valence-electron chi connectivity index (χ0n) is 11.1. The summed E-state index contributed by atoms with van der Waals surface area (Å²) in [5.74, 6) is -0.964. The van der Waals surface area contributed by atoms with Crippen LogP contribution in [0.3, 0.4) is 0 Å². The number of rotatable bonds is 4. The zero-order chi connectivity index (χ0) is 13.8. The first kappa shape index (κ1) is 13.8. The molecule has 1 aliphatic heterocycles. The topological polar surface area (TPSA) is 75.8 Å². The van der Waals surface area contributed by atoms with Gasteiger partial charge in [0, 0.05) is 31.5 Å². The first-order valence-corrected chi connectivity index (χ1v) is 6.48. The summed E-state index contributed by atoms with van der Waals surface area (Å²) in [6, 6.07) is 5.70. The smallest absolute Gasteiger partial charge is 0.338 e. The number of ether oxygens (including phenoxy) is 1. The van der Waals surface area contributed by atoms with E-state index in [9.17, 15) is 9.90 Å². The van der Waals surface area contributed by atoms with Crippen LogP contribution in [0.4, 0.5) is 5.69 Å². The van der Waals surface area contributed by atoms with Crippen molar-refractivity contribution >= 4 is 11.7 Å². The molecule has 3 N–H and O–H groups in total. The lowest BCUT2D eigenvalue weighted by Crippen LogP contribution is -2.36. The van der Waals surface area contributed by atoms with Crippen LogP contribution in [0.5, 0.6) is 0 Å². The van der Waals surface area contributed by atoms with E-state index in [4.69, 9.17) is 10.5 Å². The van der Waals surface area contributed by atoms with Crippen LogP contribution < -0.4 is 5.73 Å². The number of aromatic carboxylic acids is 1. The minimum Gasteiger partial charge on any atom is -0.478 e. The van der Waals surface area contributed by atoms with E-state index in [1.165, 1.54) is 0 Å². The molecule has 0 spiro atoms. The molecule has 19 heavy (non-hydrogen) atoms. The van der Waals surface area contributed by atoms with E-state index in [0.717, 1.165) is 31.6 Å². The number of carboxylic acid groups (broad SMARTS) is 1. The van der Waals surface area contributed by atoms with Gasteiger partial charge in [-0.3, -0.25) is 4.90 Å². The molecule has 0 atom stereocenters. The monoisotopic (exact) mass is 264 g/mol. The SMILES string of the molecule is CN(Cc1cccc(N)c1C(=O)O)C1CCOCC1. The van der Waals surface area contributed by atoms with E-state index in [1.807, 2.05) is 13.1 Å². The Balaban J connectivity index is 2.14. The summed E-state index contributed by atoms with van der Waals surface area (Å²) in [7, 11) is 2.02. The summed E-state index contributed by atoms with van der Waals surface area (Å²) < 4.78 is 5.34. The second-order valence-corrected chi connectivity index (χ2v) is 4.95. The molecular formula is C14H20N2O3. The third-order valence-corrected chi connectivity index (χ3v) is 3.63. The number of carbonyl (C=O) groups is 1. The highest BCUT2D eigenvalue weighted by molar-refractivity contribution is 5.95. The van der Waals surface area contributed by atoms with Crippen LogP contribution in [0.2, 0.25) is 0 Å². The average molecular weight is 264 g/mol. The highest BCUT2D eigenvalue weighted by Crippen LogP contribution is 2.21. The molecule has 1 heterocycles. The fourth-order valence-electron chi connectivity index (χ4n) is 2.54. The highest BCUT2D eigenvalue weighted by atomic mass is 16.5. The van der Waals surface area contributed by atoms with Gasteiger partial charge in [-0.15, -0.1) is 0 Å². The van der Waals surface area contributed by atoms with Crippen molar-refractivity contribution in [1.29, 1.82) is 0 Å². The largest absolute Gasteiger partial charge is 0.478 e. The second kappa shape index (κ2) is 6.04. The van der Waals surface area contributed by atoms with Gasteiger partial charge in [-0.25, -0.2) is 4.79 Å². The van der Waals surface area contributed by atoms with Gasteiger partial charge in [0.15, 0.2) is 0 Å². The Hall–Kier alpha value is -1.59. The number of hydrogen-bond acceptors (Lipinski definition) is 4. The third-order valence-electron chi connectivity index (χ3n) is 3.63. The summed E-state index contributed by atoms with van der Waals surface area (Å²) in [4.78, 5) is 13.5. The Bertz CT molecular complexity index is 456. The van der Waals surface area contributed by atoms with Gasteiger partial charge in [0.05, 0.1) is 5.56 Å². The number of nitrogens with zero attached hydrogens (tertiary/aromatic N) is 1. The third kappa shape index (κ3) is 3.24. The van der Waals surface area contributed by atoms with Crippen LogP contribution in [-0.2, 0) is 11.3 Å². The summed E-state index contributed by atoms with van der Waals surface area (Å²) >= 11 is 0. The molecule has 1 saturated heterocycles. The van der Waals surface area contributed by atoms with Crippen LogP contribution in [0, 0.1) is 0 Å². The number of anilines is 1. The molecule has 5 heteroatoms. The molecule has 0 saturated carbocycles. The van der Waals surface area contributed by atoms with Gasteiger partial charge in [0.2, 0.25) is 0 Å². The summed E-state index contributed by atoms with van der Waals surface area (Å²) in [6.07, 6.45) is 1.97. The summed E-state index contributed by atoms with van der Waals surface area (Å²) in [5.41, 5.74) is 7.07. The van der Waals surface area contributed by atoms with E-state index in [1.54, 1.807) is 12.1 Å². The van der Waals surface area contributed by atoms with Gasteiger partial charge >= 0.3 is 5.97 Å². The predicted molar refractivity (Wildman–Crippen MR) is 73.1 cm³/mol.